The molecule has 1 aliphatic rings. The van der Waals surface area contributed by atoms with E-state index in [9.17, 15) is 9.90 Å². The third-order valence-electron chi connectivity index (χ3n) is 5.55. The maximum Gasteiger partial charge on any atom is 0.338 e. The van der Waals surface area contributed by atoms with Crippen molar-refractivity contribution in [1.82, 2.24) is 15.3 Å². The van der Waals surface area contributed by atoms with Crippen molar-refractivity contribution < 1.29 is 14.6 Å². The predicted molar refractivity (Wildman–Crippen MR) is 114 cm³/mol. The molecular formula is C24H22N4O3. The number of esters is 1. The Morgan fingerprint density at radius 2 is 2.00 bits per heavy atom. The van der Waals surface area contributed by atoms with E-state index in [0.717, 1.165) is 39.2 Å². The van der Waals surface area contributed by atoms with Crippen LogP contribution in [0.4, 0.5) is 0 Å². The molecule has 0 fully saturated rings. The molecule has 0 bridgehead atoms. The molecule has 156 valence electrons. The molecule has 31 heavy (non-hydrogen) atoms. The highest BCUT2D eigenvalue weighted by Crippen LogP contribution is 2.29. The third-order valence-corrected chi connectivity index (χ3v) is 5.55. The molecule has 1 aliphatic heterocycles. The number of nitrogens with one attached hydrogen (secondary N) is 1. The van der Waals surface area contributed by atoms with E-state index in [-0.39, 0.29) is 12.6 Å². The van der Waals surface area contributed by atoms with Gasteiger partial charge in [-0.1, -0.05) is 12.1 Å². The monoisotopic (exact) mass is 414 g/mol. The number of nitriles is 1. The Bertz CT molecular complexity index is 1180. The second-order valence-corrected chi connectivity index (χ2v) is 7.58. The fraction of sp³-hybridized carbons (Fsp3) is 0.250. The molecule has 1 atom stereocenters. The number of rotatable bonds is 6. The molecule has 3 heterocycles. The highest BCUT2D eigenvalue weighted by Gasteiger charge is 2.25. The molecule has 7 heteroatoms. The Hall–Kier alpha value is -3.60. The molecule has 1 aromatic carbocycles. The van der Waals surface area contributed by atoms with E-state index in [0.29, 0.717) is 24.2 Å². The van der Waals surface area contributed by atoms with Crippen LogP contribution in [0.25, 0.3) is 11.4 Å². The van der Waals surface area contributed by atoms with Crippen LogP contribution in [0, 0.1) is 25.2 Å². The summed E-state index contributed by atoms with van der Waals surface area (Å²) >= 11 is 0. The molecule has 0 aliphatic carbocycles. The van der Waals surface area contributed by atoms with Gasteiger partial charge >= 0.3 is 5.97 Å². The van der Waals surface area contributed by atoms with E-state index < -0.39 is 6.10 Å². The number of carbonyl (C=O) groups excluding carboxylic acids is 1. The zero-order chi connectivity index (χ0) is 22.0. The molecule has 3 aromatic rings. The summed E-state index contributed by atoms with van der Waals surface area (Å²) in [6.45, 7) is 4.96. The molecule has 2 aromatic heterocycles. The van der Waals surface area contributed by atoms with Crippen molar-refractivity contribution in [2.75, 3.05) is 6.54 Å². The second kappa shape index (κ2) is 8.64. The van der Waals surface area contributed by atoms with Crippen molar-refractivity contribution >= 4 is 5.97 Å². The topological polar surface area (TPSA) is 108 Å². The van der Waals surface area contributed by atoms with E-state index in [1.54, 1.807) is 24.5 Å². The van der Waals surface area contributed by atoms with Gasteiger partial charge in [-0.05, 0) is 54.3 Å². The van der Waals surface area contributed by atoms with Gasteiger partial charge < -0.3 is 15.2 Å². The maximum absolute atomic E-state index is 11.7. The first-order chi connectivity index (χ1) is 15.0. The number of hydrogen-bond donors (Lipinski definition) is 2. The number of aryl methyl sites for hydroxylation is 1. The average molecular weight is 414 g/mol. The lowest BCUT2D eigenvalue weighted by atomic mass is 9.95. The van der Waals surface area contributed by atoms with Gasteiger partial charge in [0.15, 0.2) is 0 Å². The van der Waals surface area contributed by atoms with Crippen LogP contribution in [-0.4, -0.2) is 27.6 Å². The van der Waals surface area contributed by atoms with Crippen LogP contribution in [0.5, 0.6) is 0 Å². The number of benzene rings is 1. The second-order valence-electron chi connectivity index (χ2n) is 7.58. The Kier molecular flexibility index (Phi) is 5.76. The van der Waals surface area contributed by atoms with Gasteiger partial charge in [0, 0.05) is 31.0 Å². The van der Waals surface area contributed by atoms with Crippen molar-refractivity contribution in [2.24, 2.45) is 0 Å². The summed E-state index contributed by atoms with van der Waals surface area (Å²) in [6.07, 6.45) is 2.64. The lowest BCUT2D eigenvalue weighted by molar-refractivity contribution is 0.0535. The summed E-state index contributed by atoms with van der Waals surface area (Å²) in [4.78, 5) is 20.4. The number of aromatic nitrogens is 2. The van der Waals surface area contributed by atoms with Crippen LogP contribution in [0.1, 0.15) is 49.8 Å². The summed E-state index contributed by atoms with van der Waals surface area (Å²) < 4.78 is 5.08. The molecule has 7 nitrogen and oxygen atoms in total. The third kappa shape index (κ3) is 4.17. The number of aliphatic hydroxyl groups excluding tert-OH is 1. The number of cyclic esters (lactones) is 1. The average Bonchev–Trinajstić information content (AvgIpc) is 3.16. The number of fused-ring (bicyclic) bond motifs is 1. The summed E-state index contributed by atoms with van der Waals surface area (Å²) in [5, 5.41) is 22.9. The minimum absolute atomic E-state index is 0.264. The van der Waals surface area contributed by atoms with Crippen molar-refractivity contribution in [3.63, 3.8) is 0 Å². The van der Waals surface area contributed by atoms with Gasteiger partial charge in [-0.3, -0.25) is 9.97 Å². The summed E-state index contributed by atoms with van der Waals surface area (Å²) in [6, 6.07) is 11.3. The molecule has 0 spiro atoms. The number of nitrogens with zero attached hydrogens (tertiary/aromatic N) is 3. The van der Waals surface area contributed by atoms with Crippen LogP contribution < -0.4 is 5.32 Å². The van der Waals surface area contributed by atoms with Gasteiger partial charge in [-0.25, -0.2) is 4.79 Å². The van der Waals surface area contributed by atoms with E-state index in [1.807, 2.05) is 32.0 Å². The molecule has 0 unspecified atom stereocenters. The van der Waals surface area contributed by atoms with Crippen molar-refractivity contribution in [1.29, 1.82) is 5.26 Å². The Balaban J connectivity index is 1.37. The van der Waals surface area contributed by atoms with Crippen LogP contribution in [0.15, 0.2) is 42.7 Å². The first kappa shape index (κ1) is 20.7. The summed E-state index contributed by atoms with van der Waals surface area (Å²) in [5.74, 6) is -0.306. The molecule has 0 saturated heterocycles. The molecule has 4 rings (SSSR count). The number of aliphatic hydroxyl groups is 1. The lowest BCUT2D eigenvalue weighted by Crippen LogP contribution is -2.22. The number of pyridine rings is 2. The maximum atomic E-state index is 11.7. The molecule has 0 saturated carbocycles. The zero-order valence-electron chi connectivity index (χ0n) is 17.3. The van der Waals surface area contributed by atoms with E-state index in [1.165, 1.54) is 0 Å². The normalized spacial score (nSPS) is 13.4. The first-order valence-electron chi connectivity index (χ1n) is 9.98. The van der Waals surface area contributed by atoms with Crippen molar-refractivity contribution in [2.45, 2.75) is 33.1 Å². The van der Waals surface area contributed by atoms with Crippen molar-refractivity contribution in [3.8, 4) is 17.5 Å². The molecule has 0 amide bonds. The number of carbonyl (C=O) groups is 1. The number of hydrogen-bond acceptors (Lipinski definition) is 7. The zero-order valence-corrected chi connectivity index (χ0v) is 17.3. The smallest absolute Gasteiger partial charge is 0.338 e. The Labute approximate surface area is 180 Å². The molecule has 2 N–H and O–H groups in total. The Morgan fingerprint density at radius 3 is 2.71 bits per heavy atom. The van der Waals surface area contributed by atoms with Gasteiger partial charge in [-0.15, -0.1) is 0 Å². The quantitative estimate of drug-likeness (QED) is 0.597. The van der Waals surface area contributed by atoms with E-state index >= 15 is 0 Å². The van der Waals surface area contributed by atoms with Crippen LogP contribution in [0.2, 0.25) is 0 Å². The predicted octanol–water partition coefficient (Wildman–Crippen LogP) is 3.13. The molecular weight excluding hydrogens is 392 g/mol. The van der Waals surface area contributed by atoms with Crippen LogP contribution in [-0.2, 0) is 17.9 Å². The minimum Gasteiger partial charge on any atom is -0.457 e. The van der Waals surface area contributed by atoms with E-state index in [4.69, 9.17) is 10.00 Å². The SMILES string of the molecule is Cc1cc(-c2ccc(CNC[C@H](O)c3ccc4c(c3C)COC4=O)cn2)ncc1C#N. The molecule has 0 radical (unpaired) electrons. The van der Waals surface area contributed by atoms with Gasteiger partial charge in [0.25, 0.3) is 0 Å². The van der Waals surface area contributed by atoms with Crippen LogP contribution in [0.3, 0.4) is 0 Å². The summed E-state index contributed by atoms with van der Waals surface area (Å²) in [5.41, 5.74) is 6.99. The largest absolute Gasteiger partial charge is 0.457 e. The number of ether oxygens (including phenoxy) is 1. The first-order valence-corrected chi connectivity index (χ1v) is 9.98. The fourth-order valence-corrected chi connectivity index (χ4v) is 3.69. The van der Waals surface area contributed by atoms with E-state index in [2.05, 4.69) is 21.4 Å². The minimum atomic E-state index is -0.695. The fourth-order valence-electron chi connectivity index (χ4n) is 3.69. The highest BCUT2D eigenvalue weighted by molar-refractivity contribution is 5.93. The summed E-state index contributed by atoms with van der Waals surface area (Å²) in [7, 11) is 0. The van der Waals surface area contributed by atoms with Gasteiger partial charge in [0.05, 0.1) is 28.6 Å². The highest BCUT2D eigenvalue weighted by atomic mass is 16.5. The van der Waals surface area contributed by atoms with Gasteiger partial charge in [0.1, 0.15) is 12.7 Å². The lowest BCUT2D eigenvalue weighted by Gasteiger charge is -2.16. The standard InChI is InChI=1S/C24H22N4O3/c1-14-7-22(28-11-17(14)8-25)21-6-3-16(10-27-21)9-26-12-23(29)18-4-5-19-20(15(18)2)13-31-24(19)30/h3-7,10-11,23,26,29H,9,12-13H2,1-2H3/t23-/m0/s1. The van der Waals surface area contributed by atoms with Crippen molar-refractivity contribution in [3.05, 3.63) is 81.7 Å². The Morgan fingerprint density at radius 1 is 1.19 bits per heavy atom. The van der Waals surface area contributed by atoms with Gasteiger partial charge in [-0.2, -0.15) is 5.26 Å². The van der Waals surface area contributed by atoms with Gasteiger partial charge in [0.2, 0.25) is 0 Å². The van der Waals surface area contributed by atoms with Crippen LogP contribution >= 0.6 is 0 Å².